The fraction of sp³-hybridized carbons (Fsp3) is 0.786. The zero-order chi connectivity index (χ0) is 13.7. The number of carbonyl (C=O) groups is 1. The molecule has 0 aromatic heterocycles. The lowest BCUT2D eigenvalue weighted by molar-refractivity contribution is -0.137. The molecule has 0 aromatic carbocycles. The van der Waals surface area contributed by atoms with E-state index < -0.39 is 5.97 Å². The predicted molar refractivity (Wildman–Crippen MR) is 72.1 cm³/mol. The van der Waals surface area contributed by atoms with E-state index in [0.29, 0.717) is 18.9 Å². The van der Waals surface area contributed by atoms with Crippen LogP contribution in [0.25, 0.3) is 0 Å². The minimum absolute atomic E-state index is 0.292. The van der Waals surface area contributed by atoms with Gasteiger partial charge in [-0.15, -0.1) is 0 Å². The number of aliphatic carboxylic acids is 1. The summed E-state index contributed by atoms with van der Waals surface area (Å²) in [5, 5.41) is 16.5. The van der Waals surface area contributed by atoms with Gasteiger partial charge in [-0.05, 0) is 45.4 Å². The van der Waals surface area contributed by atoms with Gasteiger partial charge < -0.3 is 10.2 Å². The molecule has 1 unspecified atom stereocenters. The fourth-order valence-corrected chi connectivity index (χ4v) is 1.24. The number of rotatable bonds is 7. The molecule has 0 radical (unpaired) electrons. The summed E-state index contributed by atoms with van der Waals surface area (Å²) < 4.78 is 0. The molecule has 3 heteroatoms. The molecule has 0 rings (SSSR count). The van der Waals surface area contributed by atoms with E-state index in [2.05, 4.69) is 26.8 Å². The molecule has 0 aliphatic heterocycles. The van der Waals surface area contributed by atoms with E-state index in [0.717, 1.165) is 19.3 Å². The molecule has 0 aliphatic rings. The van der Waals surface area contributed by atoms with Gasteiger partial charge in [0.2, 0.25) is 0 Å². The number of aliphatic hydroxyl groups excluding tert-OH is 1. The number of carboxylic acids is 1. The number of hydrogen-bond acceptors (Lipinski definition) is 2. The molecular formula is C14H28O3. The Morgan fingerprint density at radius 2 is 1.88 bits per heavy atom. The van der Waals surface area contributed by atoms with E-state index in [-0.39, 0.29) is 0 Å². The summed E-state index contributed by atoms with van der Waals surface area (Å²) >= 11 is 0. The van der Waals surface area contributed by atoms with Crippen molar-refractivity contribution in [2.45, 2.75) is 59.8 Å². The van der Waals surface area contributed by atoms with Gasteiger partial charge in [-0.1, -0.05) is 25.5 Å². The Hall–Kier alpha value is -0.830. The van der Waals surface area contributed by atoms with Gasteiger partial charge in [0.05, 0.1) is 0 Å². The van der Waals surface area contributed by atoms with Crippen LogP contribution in [0.5, 0.6) is 0 Å². The molecular weight excluding hydrogens is 216 g/mol. The van der Waals surface area contributed by atoms with Crippen molar-refractivity contribution in [1.82, 2.24) is 0 Å². The molecule has 17 heavy (non-hydrogen) atoms. The SMILES string of the molecule is CC(C)=CCCC(C)CCO.CCCC(=O)O. The highest BCUT2D eigenvalue weighted by atomic mass is 16.4. The number of carboxylic acid groups (broad SMARTS) is 1. The summed E-state index contributed by atoms with van der Waals surface area (Å²) in [6.07, 6.45) is 6.58. The van der Waals surface area contributed by atoms with Crippen molar-refractivity contribution in [3.05, 3.63) is 11.6 Å². The molecule has 0 fully saturated rings. The van der Waals surface area contributed by atoms with Gasteiger partial charge in [-0.2, -0.15) is 0 Å². The summed E-state index contributed by atoms with van der Waals surface area (Å²) in [5.41, 5.74) is 1.39. The Bertz CT molecular complexity index is 206. The maximum absolute atomic E-state index is 9.60. The van der Waals surface area contributed by atoms with E-state index in [4.69, 9.17) is 10.2 Å². The van der Waals surface area contributed by atoms with E-state index in [9.17, 15) is 4.79 Å². The third kappa shape index (κ3) is 21.1. The highest BCUT2D eigenvalue weighted by Gasteiger charge is 1.98. The molecule has 0 aromatic rings. The molecule has 0 heterocycles. The summed E-state index contributed by atoms with van der Waals surface area (Å²) in [6, 6.07) is 0. The normalized spacial score (nSPS) is 11.1. The average molecular weight is 244 g/mol. The Morgan fingerprint density at radius 3 is 2.18 bits per heavy atom. The van der Waals surface area contributed by atoms with Gasteiger partial charge in [-0.3, -0.25) is 4.79 Å². The lowest BCUT2D eigenvalue weighted by Crippen LogP contribution is -1.96. The lowest BCUT2D eigenvalue weighted by atomic mass is 10.0. The van der Waals surface area contributed by atoms with E-state index in [1.165, 1.54) is 12.0 Å². The fourth-order valence-electron chi connectivity index (χ4n) is 1.24. The van der Waals surface area contributed by atoms with Crippen molar-refractivity contribution >= 4 is 5.97 Å². The molecule has 0 saturated carbocycles. The first-order valence-corrected chi connectivity index (χ1v) is 6.40. The number of hydrogen-bond donors (Lipinski definition) is 2. The van der Waals surface area contributed by atoms with Gasteiger partial charge in [0.25, 0.3) is 0 Å². The minimum Gasteiger partial charge on any atom is -0.481 e. The van der Waals surface area contributed by atoms with Crippen LogP contribution >= 0.6 is 0 Å². The van der Waals surface area contributed by atoms with Crippen molar-refractivity contribution in [2.24, 2.45) is 5.92 Å². The number of aliphatic hydroxyl groups is 1. The Kier molecular flexibility index (Phi) is 14.4. The van der Waals surface area contributed by atoms with Crippen molar-refractivity contribution in [3.63, 3.8) is 0 Å². The zero-order valence-electron chi connectivity index (χ0n) is 11.7. The molecule has 0 spiro atoms. The maximum atomic E-state index is 9.60. The smallest absolute Gasteiger partial charge is 0.303 e. The second-order valence-corrected chi connectivity index (χ2v) is 4.62. The van der Waals surface area contributed by atoms with E-state index in [1.807, 2.05) is 6.92 Å². The van der Waals surface area contributed by atoms with Crippen molar-refractivity contribution < 1.29 is 15.0 Å². The molecule has 1 atom stereocenters. The van der Waals surface area contributed by atoms with Crippen LogP contribution in [0.3, 0.4) is 0 Å². The predicted octanol–water partition coefficient (Wildman–Crippen LogP) is 3.62. The van der Waals surface area contributed by atoms with Crippen LogP contribution in [0.1, 0.15) is 59.8 Å². The summed E-state index contributed by atoms with van der Waals surface area (Å²) in [5.74, 6) is -0.0481. The first kappa shape index (κ1) is 18.5. The summed E-state index contributed by atoms with van der Waals surface area (Å²) in [6.45, 7) is 8.60. The van der Waals surface area contributed by atoms with Crippen molar-refractivity contribution in [1.29, 1.82) is 0 Å². The molecule has 0 bridgehead atoms. The van der Waals surface area contributed by atoms with Crippen LogP contribution in [-0.4, -0.2) is 22.8 Å². The largest absolute Gasteiger partial charge is 0.481 e. The average Bonchev–Trinajstić information content (AvgIpc) is 2.18. The molecule has 2 N–H and O–H groups in total. The maximum Gasteiger partial charge on any atom is 0.303 e. The molecule has 0 saturated heterocycles. The Morgan fingerprint density at radius 1 is 1.29 bits per heavy atom. The van der Waals surface area contributed by atoms with E-state index in [1.54, 1.807) is 0 Å². The van der Waals surface area contributed by atoms with Crippen molar-refractivity contribution in [3.8, 4) is 0 Å². The molecule has 3 nitrogen and oxygen atoms in total. The van der Waals surface area contributed by atoms with Gasteiger partial charge in [0.15, 0.2) is 0 Å². The van der Waals surface area contributed by atoms with Gasteiger partial charge in [0.1, 0.15) is 0 Å². The van der Waals surface area contributed by atoms with Crippen LogP contribution in [0.4, 0.5) is 0 Å². The van der Waals surface area contributed by atoms with Gasteiger partial charge in [-0.25, -0.2) is 0 Å². The quantitative estimate of drug-likeness (QED) is 0.672. The van der Waals surface area contributed by atoms with Gasteiger partial charge >= 0.3 is 5.97 Å². The minimum atomic E-state index is -0.711. The highest BCUT2D eigenvalue weighted by molar-refractivity contribution is 5.66. The standard InChI is InChI=1S/C10H20O.C4H8O2/c1-9(2)5-4-6-10(3)7-8-11;1-2-3-4(5)6/h5,10-11H,4,6-8H2,1-3H3;2-3H2,1H3,(H,5,6). The topological polar surface area (TPSA) is 57.5 Å². The first-order chi connectivity index (χ1) is 7.93. The summed E-state index contributed by atoms with van der Waals surface area (Å²) in [4.78, 5) is 9.60. The Balaban J connectivity index is 0. The van der Waals surface area contributed by atoms with E-state index >= 15 is 0 Å². The molecule has 102 valence electrons. The second-order valence-electron chi connectivity index (χ2n) is 4.62. The van der Waals surface area contributed by atoms with Crippen molar-refractivity contribution in [2.75, 3.05) is 6.61 Å². The van der Waals surface area contributed by atoms with Crippen LogP contribution < -0.4 is 0 Å². The van der Waals surface area contributed by atoms with Crippen LogP contribution in [-0.2, 0) is 4.79 Å². The highest BCUT2D eigenvalue weighted by Crippen LogP contribution is 2.10. The summed E-state index contributed by atoms with van der Waals surface area (Å²) in [7, 11) is 0. The van der Waals surface area contributed by atoms with Crippen LogP contribution in [0.2, 0.25) is 0 Å². The first-order valence-electron chi connectivity index (χ1n) is 6.40. The second kappa shape index (κ2) is 13.2. The Labute approximate surface area is 106 Å². The zero-order valence-corrected chi connectivity index (χ0v) is 11.7. The number of allylic oxidation sites excluding steroid dienone is 2. The monoisotopic (exact) mass is 244 g/mol. The lowest BCUT2D eigenvalue weighted by Gasteiger charge is -2.06. The molecule has 0 aliphatic carbocycles. The molecule has 0 amide bonds. The third-order valence-corrected chi connectivity index (χ3v) is 2.30. The van der Waals surface area contributed by atoms with Gasteiger partial charge in [0, 0.05) is 13.0 Å². The van der Waals surface area contributed by atoms with Crippen LogP contribution in [0.15, 0.2) is 11.6 Å². The van der Waals surface area contributed by atoms with Crippen LogP contribution in [0, 0.1) is 5.92 Å². The third-order valence-electron chi connectivity index (χ3n) is 2.30.